The van der Waals surface area contributed by atoms with E-state index in [1.165, 1.54) is 0 Å². The molecule has 3 aromatic rings. The molecule has 1 aromatic heterocycles. The molecular weight excluding hydrogens is 464 g/mol. The second kappa shape index (κ2) is 9.10. The summed E-state index contributed by atoms with van der Waals surface area (Å²) < 4.78 is 29.5. The highest BCUT2D eigenvalue weighted by Gasteiger charge is 2.49. The van der Waals surface area contributed by atoms with Crippen molar-refractivity contribution >= 4 is 21.9 Å². The van der Waals surface area contributed by atoms with Crippen molar-refractivity contribution in [2.24, 2.45) is 15.7 Å². The van der Waals surface area contributed by atoms with Crippen molar-refractivity contribution in [3.63, 3.8) is 0 Å². The van der Waals surface area contributed by atoms with Gasteiger partial charge in [0.25, 0.3) is 0 Å². The van der Waals surface area contributed by atoms with Crippen LogP contribution in [-0.2, 0) is 15.7 Å². The largest absolute Gasteiger partial charge is 0.382 e. The Hall–Kier alpha value is -3.79. The van der Waals surface area contributed by atoms with Crippen LogP contribution in [0, 0.1) is 0 Å². The molecule has 10 heteroatoms. The van der Waals surface area contributed by atoms with Crippen molar-refractivity contribution in [3.8, 4) is 17.0 Å². The predicted molar refractivity (Wildman–Crippen MR) is 135 cm³/mol. The lowest BCUT2D eigenvalue weighted by atomic mass is 9.81. The van der Waals surface area contributed by atoms with Crippen LogP contribution in [-0.4, -0.2) is 53.9 Å². The van der Waals surface area contributed by atoms with Gasteiger partial charge in [-0.05, 0) is 42.2 Å². The van der Waals surface area contributed by atoms with Crippen LogP contribution < -0.4 is 9.92 Å². The zero-order valence-corrected chi connectivity index (χ0v) is 20.1. The number of benzene rings is 2. The number of rotatable bonds is 7. The van der Waals surface area contributed by atoms with Crippen LogP contribution in [0.4, 0.5) is 0 Å². The van der Waals surface area contributed by atoms with Crippen LogP contribution in [0.1, 0.15) is 30.9 Å². The molecule has 0 amide bonds. The first-order valence-corrected chi connectivity index (χ1v) is 13.1. The summed E-state index contributed by atoms with van der Waals surface area (Å²) >= 11 is 0. The highest BCUT2D eigenvalue weighted by molar-refractivity contribution is 7.87. The Balaban J connectivity index is 1.63. The fourth-order valence-electron chi connectivity index (χ4n) is 4.52. The minimum atomic E-state index is -3.64. The lowest BCUT2D eigenvalue weighted by molar-refractivity contribution is 0.484. The molecule has 2 aliphatic rings. The van der Waals surface area contributed by atoms with E-state index in [1.807, 2.05) is 41.3 Å². The Labute approximate surface area is 204 Å². The van der Waals surface area contributed by atoms with Gasteiger partial charge in [0.15, 0.2) is 11.5 Å². The molecule has 0 saturated heterocycles. The molecule has 1 unspecified atom stereocenters. The molecule has 9 nitrogen and oxygen atoms in total. The fraction of sp³-hybridized carbons (Fsp3) is 0.280. The van der Waals surface area contributed by atoms with E-state index in [4.69, 9.17) is 19.9 Å². The van der Waals surface area contributed by atoms with E-state index < -0.39 is 15.7 Å². The van der Waals surface area contributed by atoms with Gasteiger partial charge in [-0.15, -0.1) is 0 Å². The molecule has 0 fully saturated rings. The van der Waals surface area contributed by atoms with Gasteiger partial charge < -0.3 is 9.92 Å². The van der Waals surface area contributed by atoms with Crippen LogP contribution in [0.25, 0.3) is 11.3 Å². The van der Waals surface area contributed by atoms with Crippen LogP contribution >= 0.6 is 0 Å². The molecule has 0 spiro atoms. The summed E-state index contributed by atoms with van der Waals surface area (Å²) in [6.45, 7) is 3.20. The van der Waals surface area contributed by atoms with Crippen LogP contribution in [0.5, 0.6) is 5.75 Å². The molecule has 180 valence electrons. The Morgan fingerprint density at radius 2 is 1.94 bits per heavy atom. The quantitative estimate of drug-likeness (QED) is 0.505. The number of nitrogens with zero attached hydrogens (tertiary/aromatic N) is 5. The molecule has 5 rings (SSSR count). The molecule has 2 aromatic carbocycles. The van der Waals surface area contributed by atoms with Gasteiger partial charge in [0, 0.05) is 31.0 Å². The Kier molecular flexibility index (Phi) is 5.98. The molecule has 35 heavy (non-hydrogen) atoms. The molecule has 0 radical (unpaired) electrons. The molecule has 0 saturated carbocycles. The van der Waals surface area contributed by atoms with Crippen molar-refractivity contribution in [2.45, 2.75) is 25.3 Å². The van der Waals surface area contributed by atoms with Gasteiger partial charge in [-0.3, -0.25) is 19.9 Å². The molecule has 3 heterocycles. The Morgan fingerprint density at radius 3 is 2.69 bits per heavy atom. The Morgan fingerprint density at radius 1 is 1.11 bits per heavy atom. The second-order valence-corrected chi connectivity index (χ2v) is 10.1. The summed E-state index contributed by atoms with van der Waals surface area (Å²) in [5.41, 5.74) is 8.74. The number of aliphatic imine (C=N–C) groups is 2. The minimum absolute atomic E-state index is 0.0412. The van der Waals surface area contributed by atoms with E-state index in [0.29, 0.717) is 18.9 Å². The summed E-state index contributed by atoms with van der Waals surface area (Å²) in [7, 11) is -3.64. The molecule has 0 bridgehead atoms. The maximum Gasteiger partial charge on any atom is 0.309 e. The van der Waals surface area contributed by atoms with E-state index in [0.717, 1.165) is 41.2 Å². The first-order chi connectivity index (χ1) is 16.9. The first-order valence-electron chi connectivity index (χ1n) is 11.5. The maximum absolute atomic E-state index is 12.1. The van der Waals surface area contributed by atoms with E-state index in [-0.39, 0.29) is 11.5 Å². The van der Waals surface area contributed by atoms with Gasteiger partial charge >= 0.3 is 10.1 Å². The third-order valence-electron chi connectivity index (χ3n) is 6.03. The van der Waals surface area contributed by atoms with Crippen molar-refractivity contribution in [1.82, 2.24) is 14.9 Å². The standard InChI is InChI=1S/C25H26N6O3S/c1-2-15-35(32,33)34-21-9-7-19(8-10-21)25(23-29-11-4-14-31(23)24(26)30-25)20-6-3-5-18(16-20)22-17-27-12-13-28-22/h3,5-10,12-13,16-17H,2,4,11,14-15H2,1H3,(H2,26,30). The van der Waals surface area contributed by atoms with Gasteiger partial charge in [-0.25, -0.2) is 4.99 Å². The van der Waals surface area contributed by atoms with Gasteiger partial charge in [0.05, 0.1) is 17.6 Å². The van der Waals surface area contributed by atoms with Crippen LogP contribution in [0.15, 0.2) is 77.1 Å². The topological polar surface area (TPSA) is 123 Å². The van der Waals surface area contributed by atoms with E-state index in [9.17, 15) is 8.42 Å². The maximum atomic E-state index is 12.1. The average molecular weight is 491 g/mol. The normalized spacial score (nSPS) is 19.6. The smallest absolute Gasteiger partial charge is 0.309 e. The molecule has 1 atom stereocenters. The molecular formula is C25H26N6O3S. The highest BCUT2D eigenvalue weighted by atomic mass is 32.2. The monoisotopic (exact) mass is 490 g/mol. The number of amidine groups is 1. The lowest BCUT2D eigenvalue weighted by Crippen LogP contribution is -2.46. The number of guanidine groups is 1. The predicted octanol–water partition coefficient (Wildman–Crippen LogP) is 2.94. The van der Waals surface area contributed by atoms with Gasteiger partial charge in [0.1, 0.15) is 11.6 Å². The van der Waals surface area contributed by atoms with Crippen LogP contribution in [0.2, 0.25) is 0 Å². The SMILES string of the molecule is CCCS(=O)(=O)Oc1ccc(C2(c3cccc(-c4cnccn4)c3)N=C(N)N3CCCN=C32)cc1. The number of fused-ring (bicyclic) bond motifs is 1. The summed E-state index contributed by atoms with van der Waals surface area (Å²) in [5, 5.41) is 0. The second-order valence-electron chi connectivity index (χ2n) is 8.43. The zero-order chi connectivity index (χ0) is 24.5. The van der Waals surface area contributed by atoms with Gasteiger partial charge in [-0.2, -0.15) is 8.42 Å². The van der Waals surface area contributed by atoms with Crippen molar-refractivity contribution in [3.05, 3.63) is 78.2 Å². The molecule has 2 N–H and O–H groups in total. The number of hydrogen-bond acceptors (Lipinski definition) is 9. The van der Waals surface area contributed by atoms with E-state index in [2.05, 4.69) is 9.97 Å². The number of hydrogen-bond donors (Lipinski definition) is 1. The summed E-state index contributed by atoms with van der Waals surface area (Å²) in [6, 6.07) is 14.9. The van der Waals surface area contributed by atoms with E-state index in [1.54, 1.807) is 37.6 Å². The van der Waals surface area contributed by atoms with Crippen LogP contribution in [0.3, 0.4) is 0 Å². The van der Waals surface area contributed by atoms with E-state index >= 15 is 0 Å². The fourth-order valence-corrected chi connectivity index (χ4v) is 5.50. The minimum Gasteiger partial charge on any atom is -0.382 e. The summed E-state index contributed by atoms with van der Waals surface area (Å²) in [5.74, 6) is 1.37. The number of nitrogens with two attached hydrogens (primary N) is 1. The summed E-state index contributed by atoms with van der Waals surface area (Å²) in [6.07, 6.45) is 6.37. The van der Waals surface area contributed by atoms with Crippen molar-refractivity contribution in [2.75, 3.05) is 18.8 Å². The number of aromatic nitrogens is 2. The zero-order valence-electron chi connectivity index (χ0n) is 19.3. The van der Waals surface area contributed by atoms with Crippen molar-refractivity contribution < 1.29 is 12.6 Å². The Bertz CT molecular complexity index is 1390. The molecule has 0 aliphatic carbocycles. The van der Waals surface area contributed by atoms with Gasteiger partial charge in [0.2, 0.25) is 0 Å². The summed E-state index contributed by atoms with van der Waals surface area (Å²) in [4.78, 5) is 20.4. The third kappa shape index (κ3) is 4.25. The first kappa shape index (κ1) is 23.0. The van der Waals surface area contributed by atoms with Gasteiger partial charge in [-0.1, -0.05) is 37.3 Å². The third-order valence-corrected chi connectivity index (χ3v) is 7.38. The van der Waals surface area contributed by atoms with Crippen molar-refractivity contribution in [1.29, 1.82) is 0 Å². The lowest BCUT2D eigenvalue weighted by Gasteiger charge is -2.33. The average Bonchev–Trinajstić information content (AvgIpc) is 3.18. The molecule has 2 aliphatic heterocycles. The highest BCUT2D eigenvalue weighted by Crippen LogP contribution is 2.42.